The lowest BCUT2D eigenvalue weighted by atomic mass is 10.0. The summed E-state index contributed by atoms with van der Waals surface area (Å²) in [4.78, 5) is 3.32. The maximum Gasteiger partial charge on any atom is 0.159 e. The van der Waals surface area contributed by atoms with Crippen LogP contribution in [0.2, 0.25) is 0 Å². The van der Waals surface area contributed by atoms with E-state index in [1.54, 1.807) is 0 Å². The Morgan fingerprint density at radius 3 is 1.35 bits per heavy atom. The number of halogens is 1. The summed E-state index contributed by atoms with van der Waals surface area (Å²) in [5.41, 5.74) is 18.9. The van der Waals surface area contributed by atoms with E-state index in [0.29, 0.717) is 0 Å². The van der Waals surface area contributed by atoms with Gasteiger partial charge in [0.2, 0.25) is 0 Å². The molecule has 0 amide bonds. The Balaban J connectivity index is 0.000000113. The summed E-state index contributed by atoms with van der Waals surface area (Å²) in [6, 6.07) is 97.9. The number of aromatic nitrogens is 4. The zero-order chi connectivity index (χ0) is 55.0. The Morgan fingerprint density at radius 2 is 0.759 bits per heavy atom. The monoisotopic (exact) mass is 1130 g/mol. The fourth-order valence-electron chi connectivity index (χ4n) is 12.6. The molecule has 6 heterocycles. The van der Waals surface area contributed by atoms with Gasteiger partial charge >= 0.3 is 0 Å². The Labute approximate surface area is 485 Å². The first-order valence-corrected chi connectivity index (χ1v) is 28.7. The van der Waals surface area contributed by atoms with E-state index in [2.05, 4.69) is 283 Å². The Hall–Kier alpha value is -10.6. The first-order chi connectivity index (χ1) is 41.1. The molecule has 6 aromatic heterocycles. The minimum atomic E-state index is 0.895. The lowest BCUT2D eigenvalue weighted by Crippen LogP contribution is -1.95. The van der Waals surface area contributed by atoms with E-state index in [-0.39, 0.29) is 0 Å². The van der Waals surface area contributed by atoms with Crippen molar-refractivity contribution in [2.75, 3.05) is 0 Å². The first kappa shape index (κ1) is 48.3. The second-order valence-corrected chi connectivity index (χ2v) is 21.8. The lowest BCUT2D eigenvalue weighted by molar-refractivity contribution is 0.667. The molecule has 83 heavy (non-hydrogen) atoms. The molecule has 392 valence electrons. The standard InChI is InChI=1S/C38H24N2O.C20H14N2.C18H11BrO/c1-3-11-25(12-4-1)27-16-9-17-30-31-18-10-20-35(38(31)41-37(27)30)39-24-23-32-33(39)22-21-29-28-15-7-8-19-34(28)40(36(29)32)26-13-5-2-6-14-26;1-2-6-14(7-3-1)22-19-9-5-4-8-15(19)16-10-11-18-17(20(16)22)12-13-21-18;19-16-11-5-10-15-14-9-4-8-13(17(14)20-18(15)16)12-6-2-1-3-7-12/h1-24H;1-13,21H;1-11H. The number of furan rings is 2. The molecule has 0 unspecified atom stereocenters. The summed E-state index contributed by atoms with van der Waals surface area (Å²) in [5, 5.41) is 12.1. The van der Waals surface area contributed by atoms with E-state index >= 15 is 0 Å². The molecule has 0 aliphatic heterocycles. The summed E-state index contributed by atoms with van der Waals surface area (Å²) < 4.78 is 20.9. The minimum Gasteiger partial charge on any atom is -0.454 e. The third kappa shape index (κ3) is 7.92. The minimum absolute atomic E-state index is 0.895. The van der Waals surface area contributed by atoms with Crippen LogP contribution in [0.5, 0.6) is 0 Å². The number of nitrogens with zero attached hydrogens (tertiary/aromatic N) is 3. The average Bonchev–Trinajstić information content (AvgIpc) is 2.40. The third-order valence-corrected chi connectivity index (χ3v) is 16.9. The van der Waals surface area contributed by atoms with Crippen molar-refractivity contribution in [1.82, 2.24) is 18.7 Å². The molecule has 12 aromatic carbocycles. The number of benzene rings is 12. The van der Waals surface area contributed by atoms with Crippen molar-refractivity contribution in [3.05, 3.63) is 296 Å². The van der Waals surface area contributed by atoms with Gasteiger partial charge in [0, 0.05) is 94.3 Å². The molecule has 18 rings (SSSR count). The second kappa shape index (κ2) is 19.9. The zero-order valence-corrected chi connectivity index (χ0v) is 46.3. The summed E-state index contributed by atoms with van der Waals surface area (Å²) in [6.07, 6.45) is 4.19. The molecule has 0 fully saturated rings. The van der Waals surface area contributed by atoms with Crippen molar-refractivity contribution in [3.8, 4) is 39.3 Å². The Bertz CT molecular complexity index is 5450. The predicted molar refractivity (Wildman–Crippen MR) is 350 cm³/mol. The summed E-state index contributed by atoms with van der Waals surface area (Å²) in [7, 11) is 0. The molecular formula is C76H49BrN4O2. The number of hydrogen-bond acceptors (Lipinski definition) is 2. The van der Waals surface area contributed by atoms with Crippen molar-refractivity contribution in [2.24, 2.45) is 0 Å². The van der Waals surface area contributed by atoms with Gasteiger partial charge < -0.3 is 27.5 Å². The van der Waals surface area contributed by atoms with Crippen LogP contribution in [0.1, 0.15) is 0 Å². The van der Waals surface area contributed by atoms with Crippen LogP contribution in [0.25, 0.3) is 149 Å². The van der Waals surface area contributed by atoms with E-state index < -0.39 is 0 Å². The van der Waals surface area contributed by atoms with Gasteiger partial charge in [0.05, 0.1) is 37.7 Å². The molecule has 0 saturated carbocycles. The quantitative estimate of drug-likeness (QED) is 0.187. The van der Waals surface area contributed by atoms with Crippen molar-refractivity contribution in [1.29, 1.82) is 0 Å². The molecule has 6 nitrogen and oxygen atoms in total. The highest BCUT2D eigenvalue weighted by molar-refractivity contribution is 9.10. The zero-order valence-electron chi connectivity index (χ0n) is 44.7. The van der Waals surface area contributed by atoms with Gasteiger partial charge in [-0.25, -0.2) is 0 Å². The SMILES string of the molecule is Brc1cccc2c1oc1c(-c3ccccc3)cccc12.c1ccc(-c2cccc3c2oc2c(-n4ccc5c4ccc4c6ccccc6n(-c6ccccc6)c45)cccc23)cc1.c1ccc(-n2c3ccccc3c3ccc4[nH]ccc4c32)cc1. The third-order valence-electron chi connectivity index (χ3n) is 16.3. The number of para-hydroxylation sites is 8. The number of aromatic amines is 1. The first-order valence-electron chi connectivity index (χ1n) is 27.9. The molecule has 1 N–H and O–H groups in total. The highest BCUT2D eigenvalue weighted by atomic mass is 79.9. The highest BCUT2D eigenvalue weighted by Gasteiger charge is 2.21. The normalized spacial score (nSPS) is 11.7. The molecule has 0 aliphatic rings. The fourth-order valence-corrected chi connectivity index (χ4v) is 13.1. The van der Waals surface area contributed by atoms with E-state index in [1.807, 2.05) is 42.6 Å². The van der Waals surface area contributed by atoms with Gasteiger partial charge in [-0.3, -0.25) is 0 Å². The largest absolute Gasteiger partial charge is 0.454 e. The smallest absolute Gasteiger partial charge is 0.159 e. The molecular weight excluding hydrogens is 1080 g/mol. The average molecular weight is 1130 g/mol. The van der Waals surface area contributed by atoms with Crippen LogP contribution < -0.4 is 0 Å². The molecule has 18 aromatic rings. The van der Waals surface area contributed by atoms with Gasteiger partial charge in [-0.1, -0.05) is 206 Å². The van der Waals surface area contributed by atoms with Crippen molar-refractivity contribution in [3.63, 3.8) is 0 Å². The molecule has 0 saturated heterocycles. The van der Waals surface area contributed by atoms with Crippen LogP contribution in [0.15, 0.2) is 305 Å². The van der Waals surface area contributed by atoms with Gasteiger partial charge in [0.25, 0.3) is 0 Å². The lowest BCUT2D eigenvalue weighted by Gasteiger charge is -2.10. The van der Waals surface area contributed by atoms with Gasteiger partial charge in [-0.2, -0.15) is 0 Å². The number of nitrogens with one attached hydrogen (secondary N) is 1. The number of H-pyrrole nitrogens is 1. The second-order valence-electron chi connectivity index (χ2n) is 20.9. The maximum atomic E-state index is 6.74. The van der Waals surface area contributed by atoms with Gasteiger partial charge in [0.1, 0.15) is 16.7 Å². The van der Waals surface area contributed by atoms with Gasteiger partial charge in [-0.15, -0.1) is 0 Å². The fraction of sp³-hybridized carbons (Fsp3) is 0. The molecule has 0 radical (unpaired) electrons. The van der Waals surface area contributed by atoms with Crippen LogP contribution >= 0.6 is 15.9 Å². The Kier molecular flexibility index (Phi) is 11.6. The van der Waals surface area contributed by atoms with E-state index in [9.17, 15) is 0 Å². The van der Waals surface area contributed by atoms with Crippen LogP contribution in [-0.4, -0.2) is 18.7 Å². The van der Waals surface area contributed by atoms with Crippen molar-refractivity contribution in [2.45, 2.75) is 0 Å². The maximum absolute atomic E-state index is 6.74. The van der Waals surface area contributed by atoms with Gasteiger partial charge in [0.15, 0.2) is 5.58 Å². The molecule has 0 bridgehead atoms. The van der Waals surface area contributed by atoms with Crippen LogP contribution in [-0.2, 0) is 0 Å². The predicted octanol–water partition coefficient (Wildman–Crippen LogP) is 21.6. The van der Waals surface area contributed by atoms with Crippen LogP contribution in [0.4, 0.5) is 0 Å². The van der Waals surface area contributed by atoms with E-state index in [1.165, 1.54) is 71.2 Å². The topological polar surface area (TPSA) is 56.9 Å². The van der Waals surface area contributed by atoms with E-state index in [0.717, 1.165) is 81.9 Å². The van der Waals surface area contributed by atoms with Gasteiger partial charge in [-0.05, 0) is 99.9 Å². The number of hydrogen-bond donors (Lipinski definition) is 1. The molecule has 0 spiro atoms. The summed E-state index contributed by atoms with van der Waals surface area (Å²) in [6.45, 7) is 0. The highest BCUT2D eigenvalue weighted by Crippen LogP contribution is 2.43. The number of rotatable bonds is 5. The van der Waals surface area contributed by atoms with Crippen LogP contribution in [0, 0.1) is 0 Å². The molecule has 7 heteroatoms. The van der Waals surface area contributed by atoms with Crippen molar-refractivity contribution >= 4 is 125 Å². The summed E-state index contributed by atoms with van der Waals surface area (Å²) >= 11 is 3.56. The number of fused-ring (bicyclic) bond motifs is 16. The molecule has 0 atom stereocenters. The van der Waals surface area contributed by atoms with Crippen LogP contribution in [0.3, 0.4) is 0 Å². The van der Waals surface area contributed by atoms with Crippen molar-refractivity contribution < 1.29 is 8.83 Å². The summed E-state index contributed by atoms with van der Waals surface area (Å²) in [5.74, 6) is 0. The Morgan fingerprint density at radius 1 is 0.301 bits per heavy atom. The molecule has 0 aliphatic carbocycles. The van der Waals surface area contributed by atoms with E-state index in [4.69, 9.17) is 8.83 Å².